The van der Waals surface area contributed by atoms with Gasteiger partial charge in [-0.3, -0.25) is 0 Å². The van der Waals surface area contributed by atoms with Crippen LogP contribution in [0.5, 0.6) is 5.88 Å². The normalized spacial score (nSPS) is 11.1. The van der Waals surface area contributed by atoms with Gasteiger partial charge in [-0.2, -0.15) is 8.97 Å². The first-order chi connectivity index (χ1) is 13.5. The largest absolute Gasteiger partial charge is 0.477 e. The van der Waals surface area contributed by atoms with Crippen LogP contribution in [0, 0.1) is 5.82 Å². The van der Waals surface area contributed by atoms with Crippen molar-refractivity contribution in [2.24, 2.45) is 0 Å². The van der Waals surface area contributed by atoms with Gasteiger partial charge in [0.15, 0.2) is 5.56 Å². The molecular formula is C20H13BrClFN3O2+. The first-order valence-corrected chi connectivity index (χ1v) is 9.45. The Morgan fingerprint density at radius 3 is 2.79 bits per heavy atom. The van der Waals surface area contributed by atoms with Crippen molar-refractivity contribution in [3.8, 4) is 17.0 Å². The van der Waals surface area contributed by atoms with E-state index in [9.17, 15) is 14.3 Å². The number of nitrogens with zero attached hydrogens (tertiary/aromatic N) is 3. The number of halogens is 3. The van der Waals surface area contributed by atoms with Crippen molar-refractivity contribution in [2.45, 2.75) is 6.54 Å². The Hall–Kier alpha value is -2.77. The fourth-order valence-corrected chi connectivity index (χ4v) is 3.52. The van der Waals surface area contributed by atoms with Crippen molar-refractivity contribution in [3.05, 3.63) is 92.3 Å². The lowest BCUT2D eigenvalue weighted by molar-refractivity contribution is -0.532. The Morgan fingerprint density at radius 1 is 1.21 bits per heavy atom. The number of benzene rings is 1. The Kier molecular flexibility index (Phi) is 4.87. The van der Waals surface area contributed by atoms with Crippen LogP contribution in [0.15, 0.2) is 70.2 Å². The van der Waals surface area contributed by atoms with Gasteiger partial charge in [0.2, 0.25) is 0 Å². The highest BCUT2D eigenvalue weighted by Crippen LogP contribution is 2.30. The van der Waals surface area contributed by atoms with Gasteiger partial charge in [-0.15, -0.1) is 0 Å². The summed E-state index contributed by atoms with van der Waals surface area (Å²) in [5.41, 5.74) is 0.590. The third-order valence-electron chi connectivity index (χ3n) is 4.35. The number of rotatable bonds is 3. The fraction of sp³-hybridized carbons (Fsp3) is 0.0500. The molecule has 3 heterocycles. The fourth-order valence-electron chi connectivity index (χ4n) is 3.05. The third kappa shape index (κ3) is 3.27. The molecule has 0 saturated heterocycles. The molecule has 8 heteroatoms. The minimum absolute atomic E-state index is 0.0121. The van der Waals surface area contributed by atoms with E-state index in [4.69, 9.17) is 11.6 Å². The number of pyridine rings is 2. The highest BCUT2D eigenvalue weighted by Gasteiger charge is 2.27. The monoisotopic (exact) mass is 460 g/mol. The van der Waals surface area contributed by atoms with E-state index in [1.54, 1.807) is 42.7 Å². The van der Waals surface area contributed by atoms with Crippen LogP contribution in [0.25, 0.3) is 16.8 Å². The molecule has 0 unspecified atom stereocenters. The average molecular weight is 462 g/mol. The zero-order valence-corrected chi connectivity index (χ0v) is 16.7. The minimum atomic E-state index is -0.605. The Bertz CT molecular complexity index is 1260. The first kappa shape index (κ1) is 18.6. The van der Waals surface area contributed by atoms with Crippen molar-refractivity contribution in [2.75, 3.05) is 0 Å². The van der Waals surface area contributed by atoms with Crippen molar-refractivity contribution >= 4 is 33.2 Å². The maximum atomic E-state index is 14.5. The quantitative estimate of drug-likeness (QED) is 0.371. The van der Waals surface area contributed by atoms with Crippen LogP contribution in [0.2, 0.25) is 5.15 Å². The number of aromatic nitrogens is 3. The first-order valence-electron chi connectivity index (χ1n) is 8.27. The Morgan fingerprint density at radius 2 is 2.04 bits per heavy atom. The van der Waals surface area contributed by atoms with E-state index < -0.39 is 11.4 Å². The molecule has 0 atom stereocenters. The smallest absolute Gasteiger partial charge is 0.354 e. The lowest BCUT2D eigenvalue weighted by atomic mass is 10.1. The zero-order valence-electron chi connectivity index (χ0n) is 14.3. The maximum absolute atomic E-state index is 14.5. The van der Waals surface area contributed by atoms with Crippen molar-refractivity contribution < 1.29 is 13.9 Å². The van der Waals surface area contributed by atoms with Gasteiger partial charge in [0.25, 0.3) is 11.5 Å². The molecule has 28 heavy (non-hydrogen) atoms. The molecular weight excluding hydrogens is 449 g/mol. The van der Waals surface area contributed by atoms with Crippen LogP contribution in [-0.2, 0) is 6.54 Å². The molecule has 0 aliphatic rings. The summed E-state index contributed by atoms with van der Waals surface area (Å²) in [6, 6.07) is 12.8. The SMILES string of the molecule is O=c1c(-c2cc(Br)ccc2F)c(O)n(Cc2ccc(Cl)nc2)c2cccc[n+]12. The van der Waals surface area contributed by atoms with E-state index in [0.29, 0.717) is 15.3 Å². The molecule has 0 saturated carbocycles. The van der Waals surface area contributed by atoms with Gasteiger partial charge in [0, 0.05) is 27.9 Å². The van der Waals surface area contributed by atoms with Crippen LogP contribution in [0.3, 0.4) is 0 Å². The molecule has 0 spiro atoms. The molecule has 3 aromatic heterocycles. The molecule has 1 N–H and O–H groups in total. The van der Waals surface area contributed by atoms with Gasteiger partial charge in [-0.05, 0) is 30.3 Å². The second-order valence-electron chi connectivity index (χ2n) is 6.13. The standard InChI is InChI=1S/C20H12BrClFN3O2/c21-13-5-6-15(23)14(9-13)18-19(27)25-8-2-1-3-17(25)26(20(18)28)11-12-4-7-16(22)24-10-12/h1-10H,11H2/p+1. The molecule has 4 rings (SSSR count). The van der Waals surface area contributed by atoms with E-state index in [1.165, 1.54) is 27.2 Å². The highest BCUT2D eigenvalue weighted by molar-refractivity contribution is 9.10. The van der Waals surface area contributed by atoms with Crippen LogP contribution >= 0.6 is 27.5 Å². The van der Waals surface area contributed by atoms with E-state index in [-0.39, 0.29) is 23.6 Å². The molecule has 0 aliphatic heterocycles. The minimum Gasteiger partial charge on any atom is -0.477 e. The van der Waals surface area contributed by atoms with Crippen molar-refractivity contribution in [1.82, 2.24) is 9.55 Å². The van der Waals surface area contributed by atoms with E-state index in [2.05, 4.69) is 20.9 Å². The summed E-state index contributed by atoms with van der Waals surface area (Å²) in [5.74, 6) is -0.936. The second kappa shape index (κ2) is 7.33. The second-order valence-corrected chi connectivity index (χ2v) is 7.44. The lowest BCUT2D eigenvalue weighted by Crippen LogP contribution is -2.43. The molecule has 4 aromatic rings. The van der Waals surface area contributed by atoms with Gasteiger partial charge in [-0.1, -0.05) is 39.7 Å². The topological polar surface area (TPSA) is 59.2 Å². The molecule has 140 valence electrons. The van der Waals surface area contributed by atoms with E-state index >= 15 is 0 Å². The Balaban J connectivity index is 2.03. The van der Waals surface area contributed by atoms with Gasteiger partial charge >= 0.3 is 5.56 Å². The average Bonchev–Trinajstić information content (AvgIpc) is 2.69. The molecule has 0 aliphatic carbocycles. The summed E-state index contributed by atoms with van der Waals surface area (Å²) in [4.78, 5) is 17.1. The van der Waals surface area contributed by atoms with Crippen LogP contribution < -0.4 is 9.96 Å². The summed E-state index contributed by atoms with van der Waals surface area (Å²) in [7, 11) is 0. The van der Waals surface area contributed by atoms with Crippen LogP contribution in [-0.4, -0.2) is 14.7 Å². The summed E-state index contributed by atoms with van der Waals surface area (Å²) in [6.07, 6.45) is 3.16. The predicted octanol–water partition coefficient (Wildman–Crippen LogP) is 3.96. The molecule has 0 radical (unpaired) electrons. The highest BCUT2D eigenvalue weighted by atomic mass is 79.9. The molecule has 5 nitrogen and oxygen atoms in total. The lowest BCUT2D eigenvalue weighted by Gasteiger charge is -2.11. The molecule has 0 bridgehead atoms. The van der Waals surface area contributed by atoms with Crippen molar-refractivity contribution in [1.29, 1.82) is 0 Å². The predicted molar refractivity (Wildman–Crippen MR) is 107 cm³/mol. The van der Waals surface area contributed by atoms with Crippen LogP contribution in [0.1, 0.15) is 5.56 Å². The van der Waals surface area contributed by atoms with Gasteiger partial charge in [-0.25, -0.2) is 14.2 Å². The maximum Gasteiger partial charge on any atom is 0.354 e. The van der Waals surface area contributed by atoms with E-state index in [1.807, 2.05) is 0 Å². The van der Waals surface area contributed by atoms with Crippen LogP contribution in [0.4, 0.5) is 4.39 Å². The van der Waals surface area contributed by atoms with Gasteiger partial charge in [0.1, 0.15) is 17.5 Å². The van der Waals surface area contributed by atoms with Gasteiger partial charge in [0.05, 0.1) is 6.20 Å². The number of fused-ring (bicyclic) bond motifs is 1. The summed E-state index contributed by atoms with van der Waals surface area (Å²) < 4.78 is 18.0. The summed E-state index contributed by atoms with van der Waals surface area (Å²) in [5, 5.41) is 11.3. The number of hydrogen-bond donors (Lipinski definition) is 1. The molecule has 0 fully saturated rings. The third-order valence-corrected chi connectivity index (χ3v) is 5.07. The Labute approximate surface area is 172 Å². The zero-order chi connectivity index (χ0) is 19.8. The molecule has 1 aromatic carbocycles. The summed E-state index contributed by atoms with van der Waals surface area (Å²) >= 11 is 9.13. The van der Waals surface area contributed by atoms with Gasteiger partial charge < -0.3 is 5.11 Å². The number of hydrogen-bond acceptors (Lipinski definition) is 3. The van der Waals surface area contributed by atoms with E-state index in [0.717, 1.165) is 5.56 Å². The summed E-state index contributed by atoms with van der Waals surface area (Å²) in [6.45, 7) is 0.215. The number of aromatic hydroxyl groups is 1. The van der Waals surface area contributed by atoms with Crippen molar-refractivity contribution in [3.63, 3.8) is 0 Å². The molecule has 0 amide bonds.